The molecule has 1 aromatic heterocycles. The Bertz CT molecular complexity index is 492. The molecule has 1 N–H and O–H groups in total. The normalized spacial score (nSPS) is 30.2. The Labute approximate surface area is 110 Å². The van der Waals surface area contributed by atoms with Gasteiger partial charge in [0.25, 0.3) is 0 Å². The third kappa shape index (κ3) is 2.26. The van der Waals surface area contributed by atoms with Gasteiger partial charge in [0.1, 0.15) is 0 Å². The van der Waals surface area contributed by atoms with E-state index >= 15 is 0 Å². The average Bonchev–Trinajstić information content (AvgIpc) is 2.97. The summed E-state index contributed by atoms with van der Waals surface area (Å²) < 4.78 is 5.71. The van der Waals surface area contributed by atoms with Crippen LogP contribution in [0, 0.1) is 10.1 Å². The van der Waals surface area contributed by atoms with Gasteiger partial charge in [0.05, 0.1) is 24.0 Å². The first kappa shape index (κ1) is 12.3. The molecule has 0 amide bonds. The van der Waals surface area contributed by atoms with Crippen molar-refractivity contribution < 1.29 is 14.8 Å². The minimum absolute atomic E-state index is 0.148. The van der Waals surface area contributed by atoms with Gasteiger partial charge in [0, 0.05) is 25.6 Å². The number of hydrogen-bond donors (Lipinski definition) is 1. The molecule has 2 aliphatic rings. The Kier molecular flexibility index (Phi) is 2.87. The maximum Gasteiger partial charge on any atom is 0.363 e. The predicted molar refractivity (Wildman–Crippen MR) is 67.0 cm³/mol. The summed E-state index contributed by atoms with van der Waals surface area (Å²) in [6, 6.07) is 3.11. The molecule has 1 spiro atoms. The summed E-state index contributed by atoms with van der Waals surface area (Å²) in [6.07, 6.45) is 2.66. The van der Waals surface area contributed by atoms with Gasteiger partial charge in [-0.25, -0.2) is 0 Å². The topological polar surface area (TPSA) is 88.7 Å². The first-order valence-corrected chi connectivity index (χ1v) is 6.25. The smallest absolute Gasteiger partial charge is 0.363 e. The fourth-order valence-electron chi connectivity index (χ4n) is 2.84. The molecule has 1 aromatic rings. The minimum atomic E-state index is -0.508. The second-order valence-electron chi connectivity index (χ2n) is 5.16. The summed E-state index contributed by atoms with van der Waals surface area (Å²) in [5.74, 6) is -0.148. The lowest BCUT2D eigenvalue weighted by Gasteiger charge is -2.23. The maximum atomic E-state index is 10.6. The van der Waals surface area contributed by atoms with E-state index in [1.165, 1.54) is 12.3 Å². The summed E-state index contributed by atoms with van der Waals surface area (Å²) in [6.45, 7) is 1.90. The second kappa shape index (κ2) is 4.43. The molecule has 2 saturated heterocycles. The van der Waals surface area contributed by atoms with Gasteiger partial charge in [-0.1, -0.05) is 0 Å². The highest BCUT2D eigenvalue weighted by Crippen LogP contribution is 2.37. The van der Waals surface area contributed by atoms with Crippen LogP contribution in [-0.4, -0.2) is 46.4 Å². The van der Waals surface area contributed by atoms with Crippen molar-refractivity contribution in [3.63, 3.8) is 0 Å². The molecule has 0 bridgehead atoms. The molecule has 3 rings (SSSR count). The molecule has 102 valence electrons. The molecule has 0 radical (unpaired) electrons. The van der Waals surface area contributed by atoms with E-state index in [2.05, 4.69) is 9.88 Å². The van der Waals surface area contributed by atoms with Crippen LogP contribution < -0.4 is 4.90 Å². The van der Waals surface area contributed by atoms with Crippen molar-refractivity contribution in [3.05, 3.63) is 28.4 Å². The van der Waals surface area contributed by atoms with E-state index in [-0.39, 0.29) is 17.5 Å². The van der Waals surface area contributed by atoms with Crippen LogP contribution in [-0.2, 0) is 4.74 Å². The molecule has 19 heavy (non-hydrogen) atoms. The van der Waals surface area contributed by atoms with E-state index in [0.717, 1.165) is 18.7 Å². The zero-order valence-corrected chi connectivity index (χ0v) is 10.4. The third-order valence-electron chi connectivity index (χ3n) is 3.79. The minimum Gasteiger partial charge on any atom is -0.391 e. The highest BCUT2D eigenvalue weighted by molar-refractivity contribution is 5.48. The van der Waals surface area contributed by atoms with Crippen LogP contribution in [0.25, 0.3) is 0 Å². The van der Waals surface area contributed by atoms with Gasteiger partial charge in [-0.05, 0) is 22.4 Å². The number of rotatable bonds is 2. The molecule has 2 aliphatic heterocycles. The number of nitrogens with zero attached hydrogens (tertiary/aromatic N) is 3. The molecule has 2 fully saturated rings. The van der Waals surface area contributed by atoms with Gasteiger partial charge in [-0.3, -0.25) is 0 Å². The monoisotopic (exact) mass is 265 g/mol. The van der Waals surface area contributed by atoms with Crippen molar-refractivity contribution in [2.24, 2.45) is 0 Å². The number of aliphatic hydroxyl groups is 1. The van der Waals surface area contributed by atoms with Gasteiger partial charge >= 0.3 is 5.82 Å². The molecule has 0 saturated carbocycles. The van der Waals surface area contributed by atoms with Crippen molar-refractivity contribution in [1.82, 2.24) is 4.98 Å². The quantitative estimate of drug-likeness (QED) is 0.626. The Hall–Kier alpha value is -1.73. The zero-order valence-electron chi connectivity index (χ0n) is 10.4. The van der Waals surface area contributed by atoms with E-state index in [1.54, 1.807) is 6.07 Å². The lowest BCUT2D eigenvalue weighted by molar-refractivity contribution is -0.389. The van der Waals surface area contributed by atoms with E-state index in [0.29, 0.717) is 19.6 Å². The Balaban J connectivity index is 1.72. The van der Waals surface area contributed by atoms with Crippen LogP contribution in [0.3, 0.4) is 0 Å². The second-order valence-corrected chi connectivity index (χ2v) is 5.16. The van der Waals surface area contributed by atoms with E-state index in [1.807, 2.05) is 0 Å². The molecular weight excluding hydrogens is 250 g/mol. The lowest BCUT2D eigenvalue weighted by atomic mass is 9.98. The molecule has 2 unspecified atom stereocenters. The molecule has 3 heterocycles. The summed E-state index contributed by atoms with van der Waals surface area (Å²) in [4.78, 5) is 16.0. The Morgan fingerprint density at radius 2 is 2.42 bits per heavy atom. The van der Waals surface area contributed by atoms with Crippen LogP contribution in [0.15, 0.2) is 18.3 Å². The Morgan fingerprint density at radius 3 is 3.00 bits per heavy atom. The molecular formula is C12H15N3O4. The first-order chi connectivity index (χ1) is 9.08. The number of nitro groups is 1. The summed E-state index contributed by atoms with van der Waals surface area (Å²) in [5.41, 5.74) is 0.591. The zero-order chi connectivity index (χ0) is 13.5. The number of hydrogen-bond acceptors (Lipinski definition) is 6. The number of anilines is 1. The van der Waals surface area contributed by atoms with Crippen molar-refractivity contribution in [3.8, 4) is 0 Å². The third-order valence-corrected chi connectivity index (χ3v) is 3.79. The van der Waals surface area contributed by atoms with Crippen molar-refractivity contribution >= 4 is 11.5 Å². The number of aromatic nitrogens is 1. The van der Waals surface area contributed by atoms with Crippen LogP contribution in [0.5, 0.6) is 0 Å². The van der Waals surface area contributed by atoms with Gasteiger partial charge in [-0.2, -0.15) is 0 Å². The predicted octanol–water partition coefficient (Wildman–Crippen LogP) is 0.720. The van der Waals surface area contributed by atoms with E-state index in [4.69, 9.17) is 4.74 Å². The average molecular weight is 265 g/mol. The summed E-state index contributed by atoms with van der Waals surface area (Å²) in [5, 5.41) is 20.1. The maximum absolute atomic E-state index is 10.6. The summed E-state index contributed by atoms with van der Waals surface area (Å²) >= 11 is 0. The van der Waals surface area contributed by atoms with Crippen molar-refractivity contribution in [1.29, 1.82) is 0 Å². The van der Waals surface area contributed by atoms with Gasteiger partial charge in [-0.15, -0.1) is 0 Å². The van der Waals surface area contributed by atoms with Crippen LogP contribution in [0.4, 0.5) is 11.5 Å². The number of ether oxygens (including phenoxy) is 1. The molecule has 0 aliphatic carbocycles. The lowest BCUT2D eigenvalue weighted by Crippen LogP contribution is -2.33. The van der Waals surface area contributed by atoms with Crippen LogP contribution in [0.1, 0.15) is 12.8 Å². The largest absolute Gasteiger partial charge is 0.391 e. The molecule has 0 aromatic carbocycles. The molecule has 7 nitrogen and oxygen atoms in total. The van der Waals surface area contributed by atoms with Crippen molar-refractivity contribution in [2.75, 3.05) is 24.6 Å². The van der Waals surface area contributed by atoms with E-state index < -0.39 is 4.92 Å². The Morgan fingerprint density at radius 1 is 1.58 bits per heavy atom. The van der Waals surface area contributed by atoms with E-state index in [9.17, 15) is 15.2 Å². The van der Waals surface area contributed by atoms with Gasteiger partial charge in [0.15, 0.2) is 6.20 Å². The van der Waals surface area contributed by atoms with Gasteiger partial charge < -0.3 is 24.9 Å². The number of pyridine rings is 1. The highest BCUT2D eigenvalue weighted by Gasteiger charge is 2.45. The fourth-order valence-corrected chi connectivity index (χ4v) is 2.84. The van der Waals surface area contributed by atoms with Crippen LogP contribution in [0.2, 0.25) is 0 Å². The van der Waals surface area contributed by atoms with Crippen molar-refractivity contribution in [2.45, 2.75) is 24.5 Å². The molecule has 2 atom stereocenters. The summed E-state index contributed by atoms with van der Waals surface area (Å²) in [7, 11) is 0. The standard InChI is InChI=1S/C12H15N3O4/c16-10-5-12(19-7-10)3-4-14(8-12)9-1-2-11(13-6-9)15(17)18/h1-2,6,10,16H,3-5,7-8H2. The first-order valence-electron chi connectivity index (χ1n) is 6.25. The molecule has 7 heteroatoms. The van der Waals surface area contributed by atoms with Gasteiger partial charge in [0.2, 0.25) is 0 Å². The highest BCUT2D eigenvalue weighted by atomic mass is 16.6. The SMILES string of the molecule is O=[N+]([O-])c1ccc(N2CCC3(CC(O)CO3)C2)cn1. The number of aliphatic hydroxyl groups excluding tert-OH is 1. The fraction of sp³-hybridized carbons (Fsp3) is 0.583. The van der Waals surface area contributed by atoms with Crippen LogP contribution >= 0.6 is 0 Å².